The highest BCUT2D eigenvalue weighted by Crippen LogP contribution is 2.29. The zero-order valence-corrected chi connectivity index (χ0v) is 10.4. The van der Waals surface area contributed by atoms with E-state index in [0.29, 0.717) is 0 Å². The monoisotopic (exact) mass is 234 g/mol. The molecular weight excluding hydrogens is 220 g/mol. The molecule has 2 aromatic rings. The van der Waals surface area contributed by atoms with Crippen LogP contribution in [0, 0.1) is 11.3 Å². The lowest BCUT2D eigenvalue weighted by Crippen LogP contribution is -2.07. The van der Waals surface area contributed by atoms with Gasteiger partial charge in [-0.1, -0.05) is 30.3 Å². The van der Waals surface area contributed by atoms with Gasteiger partial charge < -0.3 is 0 Å². The molecule has 0 saturated heterocycles. The molecule has 0 bridgehead atoms. The first kappa shape index (κ1) is 11.0. The zero-order valence-electron chi connectivity index (χ0n) is 10.4. The van der Waals surface area contributed by atoms with Crippen LogP contribution in [0.5, 0.6) is 0 Å². The Morgan fingerprint density at radius 3 is 2.67 bits per heavy atom. The molecule has 18 heavy (non-hydrogen) atoms. The fourth-order valence-electron chi connectivity index (χ4n) is 2.56. The SMILES string of the molecule is CN1Cc2ccc(-c3ccccc3C#N)cc2C1. The molecule has 1 aliphatic heterocycles. The number of nitriles is 1. The molecule has 0 radical (unpaired) electrons. The molecule has 0 N–H and O–H groups in total. The second kappa shape index (κ2) is 4.29. The lowest BCUT2D eigenvalue weighted by molar-refractivity contribution is 0.353. The Kier molecular flexibility index (Phi) is 2.62. The van der Waals surface area contributed by atoms with Gasteiger partial charge in [0.25, 0.3) is 0 Å². The van der Waals surface area contributed by atoms with Crippen molar-refractivity contribution in [2.75, 3.05) is 7.05 Å². The summed E-state index contributed by atoms with van der Waals surface area (Å²) in [5.74, 6) is 0. The topological polar surface area (TPSA) is 27.0 Å². The van der Waals surface area contributed by atoms with E-state index in [9.17, 15) is 0 Å². The van der Waals surface area contributed by atoms with Crippen molar-refractivity contribution < 1.29 is 0 Å². The predicted molar refractivity (Wildman–Crippen MR) is 71.8 cm³/mol. The average molecular weight is 234 g/mol. The molecule has 88 valence electrons. The van der Waals surface area contributed by atoms with E-state index in [1.54, 1.807) is 0 Å². The molecule has 0 unspecified atom stereocenters. The average Bonchev–Trinajstić information content (AvgIpc) is 2.77. The van der Waals surface area contributed by atoms with Crippen molar-refractivity contribution in [2.45, 2.75) is 13.1 Å². The first-order valence-electron chi connectivity index (χ1n) is 6.08. The van der Waals surface area contributed by atoms with E-state index in [1.807, 2.05) is 24.3 Å². The van der Waals surface area contributed by atoms with Crippen LogP contribution in [0.15, 0.2) is 42.5 Å². The van der Waals surface area contributed by atoms with Crippen molar-refractivity contribution in [3.05, 3.63) is 59.2 Å². The predicted octanol–water partition coefficient (Wildman–Crippen LogP) is 3.17. The van der Waals surface area contributed by atoms with Gasteiger partial charge in [0.1, 0.15) is 0 Å². The molecule has 0 amide bonds. The van der Waals surface area contributed by atoms with Crippen LogP contribution in [-0.4, -0.2) is 11.9 Å². The Bertz CT molecular complexity index is 638. The van der Waals surface area contributed by atoms with E-state index >= 15 is 0 Å². The highest BCUT2D eigenvalue weighted by molar-refractivity contribution is 5.71. The molecule has 0 aliphatic carbocycles. The molecule has 1 heterocycles. The van der Waals surface area contributed by atoms with E-state index in [4.69, 9.17) is 5.26 Å². The fourth-order valence-corrected chi connectivity index (χ4v) is 2.56. The van der Waals surface area contributed by atoms with Gasteiger partial charge in [-0.3, -0.25) is 4.90 Å². The van der Waals surface area contributed by atoms with Crippen molar-refractivity contribution >= 4 is 0 Å². The first-order chi connectivity index (χ1) is 8.78. The van der Waals surface area contributed by atoms with Crippen LogP contribution in [0.3, 0.4) is 0 Å². The Labute approximate surface area is 107 Å². The van der Waals surface area contributed by atoms with Gasteiger partial charge in [-0.2, -0.15) is 5.26 Å². The summed E-state index contributed by atoms with van der Waals surface area (Å²) in [5, 5.41) is 9.16. The standard InChI is InChI=1S/C16H14N2/c1-18-10-14-7-6-12(8-15(14)11-18)16-5-3-2-4-13(16)9-17/h2-8H,10-11H2,1H3. The minimum atomic E-state index is 0.740. The van der Waals surface area contributed by atoms with Gasteiger partial charge in [0.2, 0.25) is 0 Å². The highest BCUT2D eigenvalue weighted by atomic mass is 15.1. The molecule has 0 atom stereocenters. The molecule has 2 aromatic carbocycles. The third-order valence-electron chi connectivity index (χ3n) is 3.45. The van der Waals surface area contributed by atoms with Gasteiger partial charge in [0, 0.05) is 13.1 Å². The van der Waals surface area contributed by atoms with E-state index in [-0.39, 0.29) is 0 Å². The minimum absolute atomic E-state index is 0.740. The van der Waals surface area contributed by atoms with E-state index in [1.165, 1.54) is 11.1 Å². The summed E-state index contributed by atoms with van der Waals surface area (Å²) >= 11 is 0. The molecular formula is C16H14N2. The first-order valence-corrected chi connectivity index (χ1v) is 6.08. The number of fused-ring (bicyclic) bond motifs is 1. The highest BCUT2D eigenvalue weighted by Gasteiger charge is 2.16. The van der Waals surface area contributed by atoms with Crippen molar-refractivity contribution in [2.24, 2.45) is 0 Å². The number of nitrogens with zero attached hydrogens (tertiary/aromatic N) is 2. The van der Waals surface area contributed by atoms with E-state index < -0.39 is 0 Å². The summed E-state index contributed by atoms with van der Waals surface area (Å²) in [6.45, 7) is 2.02. The smallest absolute Gasteiger partial charge is 0.0998 e. The molecule has 0 spiro atoms. The largest absolute Gasteiger partial charge is 0.298 e. The van der Waals surface area contributed by atoms with E-state index in [2.05, 4.69) is 36.2 Å². The van der Waals surface area contributed by atoms with Crippen molar-refractivity contribution in [3.63, 3.8) is 0 Å². The fraction of sp³-hybridized carbons (Fsp3) is 0.188. The van der Waals surface area contributed by atoms with Crippen LogP contribution in [0.25, 0.3) is 11.1 Å². The molecule has 0 saturated carbocycles. The maximum absolute atomic E-state index is 9.16. The minimum Gasteiger partial charge on any atom is -0.298 e. The molecule has 0 aromatic heterocycles. The summed E-state index contributed by atoms with van der Waals surface area (Å²) in [6.07, 6.45) is 0. The van der Waals surface area contributed by atoms with E-state index in [0.717, 1.165) is 29.8 Å². The van der Waals surface area contributed by atoms with Crippen LogP contribution < -0.4 is 0 Å². The molecule has 0 fully saturated rings. The van der Waals surface area contributed by atoms with Crippen molar-refractivity contribution in [3.8, 4) is 17.2 Å². The normalized spacial score (nSPS) is 14.2. The van der Waals surface area contributed by atoms with Crippen LogP contribution in [0.1, 0.15) is 16.7 Å². The number of benzene rings is 2. The molecule has 1 aliphatic rings. The number of hydrogen-bond acceptors (Lipinski definition) is 2. The number of rotatable bonds is 1. The maximum Gasteiger partial charge on any atom is 0.0998 e. The van der Waals surface area contributed by atoms with Crippen molar-refractivity contribution in [1.29, 1.82) is 5.26 Å². The van der Waals surface area contributed by atoms with Gasteiger partial charge >= 0.3 is 0 Å². The van der Waals surface area contributed by atoms with Gasteiger partial charge in [0.15, 0.2) is 0 Å². The summed E-state index contributed by atoms with van der Waals surface area (Å²) < 4.78 is 0. The van der Waals surface area contributed by atoms with Gasteiger partial charge in [-0.25, -0.2) is 0 Å². The summed E-state index contributed by atoms with van der Waals surface area (Å²) in [6, 6.07) is 16.5. The molecule has 2 heteroatoms. The Morgan fingerprint density at radius 2 is 1.83 bits per heavy atom. The van der Waals surface area contributed by atoms with Crippen LogP contribution in [-0.2, 0) is 13.1 Å². The maximum atomic E-state index is 9.16. The van der Waals surface area contributed by atoms with Gasteiger partial charge in [-0.05, 0) is 41.4 Å². The Balaban J connectivity index is 2.09. The summed E-state index contributed by atoms with van der Waals surface area (Å²) in [5.41, 5.74) is 5.68. The van der Waals surface area contributed by atoms with Crippen LogP contribution in [0.2, 0.25) is 0 Å². The summed E-state index contributed by atoms with van der Waals surface area (Å²) in [7, 11) is 2.13. The lowest BCUT2D eigenvalue weighted by atomic mass is 9.97. The lowest BCUT2D eigenvalue weighted by Gasteiger charge is -2.06. The second-order valence-corrected chi connectivity index (χ2v) is 4.81. The van der Waals surface area contributed by atoms with Gasteiger partial charge in [-0.15, -0.1) is 0 Å². The Hall–Kier alpha value is -2.11. The second-order valence-electron chi connectivity index (χ2n) is 4.81. The van der Waals surface area contributed by atoms with Crippen LogP contribution >= 0.6 is 0 Å². The third kappa shape index (κ3) is 1.79. The zero-order chi connectivity index (χ0) is 12.5. The number of hydrogen-bond donors (Lipinski definition) is 0. The molecule has 2 nitrogen and oxygen atoms in total. The van der Waals surface area contributed by atoms with Crippen LogP contribution in [0.4, 0.5) is 0 Å². The summed E-state index contributed by atoms with van der Waals surface area (Å²) in [4.78, 5) is 2.30. The quantitative estimate of drug-likeness (QED) is 0.757. The molecule has 3 rings (SSSR count). The van der Waals surface area contributed by atoms with Crippen molar-refractivity contribution in [1.82, 2.24) is 4.90 Å². The third-order valence-corrected chi connectivity index (χ3v) is 3.45. The van der Waals surface area contributed by atoms with Gasteiger partial charge in [0.05, 0.1) is 11.6 Å². The Morgan fingerprint density at radius 1 is 1.06 bits per heavy atom.